The molecule has 3 aromatic heterocycles. The van der Waals surface area contributed by atoms with E-state index in [-0.39, 0.29) is 23.1 Å². The molecule has 1 aliphatic carbocycles. The normalized spacial score (nSPS) is 22.5. The molecule has 3 atom stereocenters. The van der Waals surface area contributed by atoms with Crippen LogP contribution in [0.1, 0.15) is 65.4 Å². The Kier molecular flexibility index (Phi) is 6.38. The zero-order valence-corrected chi connectivity index (χ0v) is 23.0. The van der Waals surface area contributed by atoms with Gasteiger partial charge < -0.3 is 23.7 Å². The molecule has 9 nitrogen and oxygen atoms in total. The predicted molar refractivity (Wildman–Crippen MR) is 146 cm³/mol. The fourth-order valence-electron chi connectivity index (χ4n) is 5.82. The number of anilines is 1. The minimum absolute atomic E-state index is 0.0626. The third-order valence-electron chi connectivity index (χ3n) is 7.81. The van der Waals surface area contributed by atoms with Gasteiger partial charge in [-0.25, -0.2) is 4.79 Å². The number of benzene rings is 1. The summed E-state index contributed by atoms with van der Waals surface area (Å²) in [5.74, 6) is 0.603. The second-order valence-electron chi connectivity index (χ2n) is 10.3. The smallest absolute Gasteiger partial charge is 0.345 e. The number of piperidine rings is 1. The van der Waals surface area contributed by atoms with E-state index in [2.05, 4.69) is 20.3 Å². The summed E-state index contributed by atoms with van der Waals surface area (Å²) in [5.41, 5.74) is 2.89. The molecule has 1 aromatic carbocycles. The molecule has 1 N–H and O–H groups in total. The lowest BCUT2D eigenvalue weighted by Gasteiger charge is -2.37. The van der Waals surface area contributed by atoms with Crippen LogP contribution in [0.2, 0.25) is 10.0 Å². The van der Waals surface area contributed by atoms with Crippen molar-refractivity contribution in [3.05, 3.63) is 55.9 Å². The summed E-state index contributed by atoms with van der Waals surface area (Å²) < 4.78 is 18.3. The molecule has 12 heteroatoms. The third kappa shape index (κ3) is 4.63. The number of hydrogen-bond donors (Lipinski definition) is 1. The fourth-order valence-corrected chi connectivity index (χ4v) is 7.12. The van der Waals surface area contributed by atoms with Crippen LogP contribution in [0.3, 0.4) is 0 Å². The predicted octanol–water partition coefficient (Wildman–Crippen LogP) is 7.05. The van der Waals surface area contributed by atoms with Gasteiger partial charge in [0.05, 0.1) is 28.3 Å². The van der Waals surface area contributed by atoms with Gasteiger partial charge in [0.1, 0.15) is 16.3 Å². The van der Waals surface area contributed by atoms with Gasteiger partial charge in [0, 0.05) is 34.5 Å². The van der Waals surface area contributed by atoms with Gasteiger partial charge >= 0.3 is 12.0 Å². The molecule has 1 saturated carbocycles. The summed E-state index contributed by atoms with van der Waals surface area (Å²) in [4.78, 5) is 13.7. The number of aromatic nitrogens is 3. The first-order valence-corrected chi connectivity index (χ1v) is 14.6. The van der Waals surface area contributed by atoms with E-state index >= 15 is 0 Å². The van der Waals surface area contributed by atoms with Gasteiger partial charge in [-0.1, -0.05) is 39.5 Å². The Bertz CT molecular complexity index is 1510. The number of fused-ring (bicyclic) bond motifs is 2. The minimum Gasteiger partial charge on any atom is -0.477 e. The van der Waals surface area contributed by atoms with Gasteiger partial charge in [-0.3, -0.25) is 0 Å². The molecule has 202 valence electrons. The van der Waals surface area contributed by atoms with E-state index in [1.807, 2.05) is 6.07 Å². The van der Waals surface area contributed by atoms with Crippen LogP contribution in [-0.4, -0.2) is 44.6 Å². The van der Waals surface area contributed by atoms with Crippen LogP contribution in [0.25, 0.3) is 22.7 Å². The highest BCUT2D eigenvalue weighted by molar-refractivity contribution is 7.12. The molecule has 0 spiro atoms. The quantitative estimate of drug-likeness (QED) is 0.232. The maximum atomic E-state index is 11.2. The van der Waals surface area contributed by atoms with Crippen molar-refractivity contribution < 1.29 is 23.6 Å². The molecule has 3 aliphatic rings. The number of nitrogens with zero attached hydrogens (tertiary/aromatic N) is 4. The SMILES string of the molecule is O=C(O)c1cc(-c2nnc(N3[C@@H]4CC[C@H]3C[C@@H](OCc3c(-c5c(Cl)cccc5Cl)noc3C3CC3)C4)o2)cs1. The first-order valence-electron chi connectivity index (χ1n) is 12.9. The zero-order chi connectivity index (χ0) is 26.7. The van der Waals surface area contributed by atoms with Gasteiger partial charge in [0.15, 0.2) is 0 Å². The fraction of sp³-hybridized carbons (Fsp3) is 0.407. The Hall–Kier alpha value is -2.92. The van der Waals surface area contributed by atoms with Crippen molar-refractivity contribution in [3.63, 3.8) is 0 Å². The molecule has 2 bridgehead atoms. The first kappa shape index (κ1) is 25.1. The molecule has 0 amide bonds. The van der Waals surface area contributed by atoms with Crippen molar-refractivity contribution in [2.75, 3.05) is 4.90 Å². The zero-order valence-electron chi connectivity index (χ0n) is 20.7. The van der Waals surface area contributed by atoms with E-state index in [9.17, 15) is 9.90 Å². The van der Waals surface area contributed by atoms with Crippen LogP contribution < -0.4 is 4.90 Å². The van der Waals surface area contributed by atoms with Crippen molar-refractivity contribution in [1.82, 2.24) is 15.4 Å². The van der Waals surface area contributed by atoms with Crippen LogP contribution in [0, 0.1) is 0 Å². The van der Waals surface area contributed by atoms with Crippen molar-refractivity contribution in [2.24, 2.45) is 0 Å². The summed E-state index contributed by atoms with van der Waals surface area (Å²) in [6.07, 6.45) is 5.93. The van der Waals surface area contributed by atoms with E-state index in [4.69, 9.17) is 36.9 Å². The molecular weight excluding hydrogens is 563 g/mol. The largest absolute Gasteiger partial charge is 0.477 e. The lowest BCUT2D eigenvalue weighted by molar-refractivity contribution is 0.0139. The Labute approximate surface area is 237 Å². The molecule has 5 heterocycles. The summed E-state index contributed by atoms with van der Waals surface area (Å²) in [5, 5.41) is 24.9. The molecule has 0 unspecified atom stereocenters. The summed E-state index contributed by atoms with van der Waals surface area (Å²) >= 11 is 14.2. The Morgan fingerprint density at radius 3 is 2.54 bits per heavy atom. The average Bonchev–Trinajstić information content (AvgIpc) is 3.25. The van der Waals surface area contributed by atoms with Crippen molar-refractivity contribution in [2.45, 2.75) is 69.2 Å². The van der Waals surface area contributed by atoms with Gasteiger partial charge in [0.2, 0.25) is 0 Å². The molecule has 7 rings (SSSR count). The van der Waals surface area contributed by atoms with Crippen LogP contribution in [0.15, 0.2) is 38.6 Å². The molecule has 39 heavy (non-hydrogen) atoms. The maximum absolute atomic E-state index is 11.2. The van der Waals surface area contributed by atoms with Gasteiger partial charge in [-0.15, -0.1) is 16.4 Å². The summed E-state index contributed by atoms with van der Waals surface area (Å²) in [6, 6.07) is 7.91. The van der Waals surface area contributed by atoms with Gasteiger partial charge in [0.25, 0.3) is 5.89 Å². The third-order valence-corrected chi connectivity index (χ3v) is 9.36. The summed E-state index contributed by atoms with van der Waals surface area (Å²) in [6.45, 7) is 0.380. The molecule has 4 aromatic rings. The Morgan fingerprint density at radius 2 is 1.87 bits per heavy atom. The molecule has 2 saturated heterocycles. The van der Waals surface area contributed by atoms with Crippen molar-refractivity contribution in [3.8, 4) is 22.7 Å². The van der Waals surface area contributed by atoms with E-state index < -0.39 is 5.97 Å². The van der Waals surface area contributed by atoms with Crippen LogP contribution in [0.5, 0.6) is 0 Å². The van der Waals surface area contributed by atoms with Crippen LogP contribution in [-0.2, 0) is 11.3 Å². The van der Waals surface area contributed by atoms with E-state index in [1.54, 1.807) is 23.6 Å². The van der Waals surface area contributed by atoms with Crippen LogP contribution in [0.4, 0.5) is 6.01 Å². The molecule has 2 aliphatic heterocycles. The van der Waals surface area contributed by atoms with Gasteiger partial charge in [-0.05, 0) is 56.7 Å². The molecule has 3 fully saturated rings. The number of ether oxygens (including phenoxy) is 1. The lowest BCUT2D eigenvalue weighted by atomic mass is 10.00. The molecular formula is C27H24Cl2N4O5S. The minimum atomic E-state index is -0.969. The van der Waals surface area contributed by atoms with Gasteiger partial charge in [-0.2, -0.15) is 0 Å². The number of rotatable bonds is 8. The highest BCUT2D eigenvalue weighted by atomic mass is 35.5. The Balaban J connectivity index is 1.07. The summed E-state index contributed by atoms with van der Waals surface area (Å²) in [7, 11) is 0. The first-order chi connectivity index (χ1) is 19.0. The standard InChI is InChI=1S/C27H24Cl2N4O5S/c28-19-2-1-3-20(29)22(19)23-18(24(38-32-23)13-4-5-13)11-36-17-9-15-6-7-16(10-17)33(15)27-31-30-25(37-27)14-8-21(26(34)35)39-12-14/h1-3,8,12-13,15-17H,4-7,9-11H2,(H,34,35)/t15-,16+,17+. The van der Waals surface area contributed by atoms with Crippen LogP contribution >= 0.6 is 34.5 Å². The highest BCUT2D eigenvalue weighted by Crippen LogP contribution is 2.47. The van der Waals surface area contributed by atoms with Crippen molar-refractivity contribution in [1.29, 1.82) is 0 Å². The number of hydrogen-bond acceptors (Lipinski definition) is 9. The number of thiophene rings is 1. The lowest BCUT2D eigenvalue weighted by Crippen LogP contribution is -2.45. The number of halogens is 2. The van der Waals surface area contributed by atoms with E-state index in [0.29, 0.717) is 51.3 Å². The topological polar surface area (TPSA) is 115 Å². The second-order valence-corrected chi connectivity index (χ2v) is 12.1. The monoisotopic (exact) mass is 586 g/mol. The van der Waals surface area contributed by atoms with E-state index in [1.165, 1.54) is 0 Å². The Morgan fingerprint density at radius 1 is 1.13 bits per heavy atom. The number of carboxylic acids is 1. The number of aromatic carboxylic acids is 1. The van der Waals surface area contributed by atoms with E-state index in [0.717, 1.165) is 61.2 Å². The highest BCUT2D eigenvalue weighted by Gasteiger charge is 2.44. The second kappa shape index (κ2) is 9.92. The van der Waals surface area contributed by atoms with Crippen molar-refractivity contribution >= 4 is 46.5 Å². The molecule has 0 radical (unpaired) electrons. The number of carboxylic acid groups (broad SMARTS) is 1. The maximum Gasteiger partial charge on any atom is 0.345 e. The number of carbonyl (C=O) groups is 1. The average molecular weight is 587 g/mol.